The summed E-state index contributed by atoms with van der Waals surface area (Å²) < 4.78 is 26.2. The fraction of sp³-hybridized carbons (Fsp3) is 0.438. The van der Waals surface area contributed by atoms with Crippen molar-refractivity contribution >= 4 is 27.4 Å². The fourth-order valence-electron chi connectivity index (χ4n) is 2.10. The van der Waals surface area contributed by atoms with Gasteiger partial charge in [0.1, 0.15) is 10.7 Å². The summed E-state index contributed by atoms with van der Waals surface area (Å²) in [6.07, 6.45) is 7.67. The highest BCUT2D eigenvalue weighted by molar-refractivity contribution is 7.85. The minimum atomic E-state index is -3.35. The molecule has 0 saturated carbocycles. The van der Waals surface area contributed by atoms with Gasteiger partial charge in [0.2, 0.25) is 0 Å². The molecule has 0 aliphatic rings. The third-order valence-corrected chi connectivity index (χ3v) is 4.75. The van der Waals surface area contributed by atoms with Crippen LogP contribution in [0, 0.1) is 0 Å². The van der Waals surface area contributed by atoms with E-state index in [9.17, 15) is 13.2 Å². The first-order chi connectivity index (χ1) is 12.0. The number of carbonyl (C=O) groups excluding carboxylic acids is 1. The maximum Gasteiger partial charge on any atom is 0.269 e. The van der Waals surface area contributed by atoms with Crippen LogP contribution in [0.2, 0.25) is 0 Å². The number of nitrogens with one attached hydrogen (secondary N) is 1. The minimum Gasteiger partial charge on any atom is -0.351 e. The van der Waals surface area contributed by atoms with Crippen LogP contribution in [-0.4, -0.2) is 43.7 Å². The number of nitrogens with zero attached hydrogens (tertiary/aromatic N) is 2. The first-order valence-electron chi connectivity index (χ1n) is 7.94. The van der Waals surface area contributed by atoms with Gasteiger partial charge in [0.15, 0.2) is 0 Å². The van der Waals surface area contributed by atoms with Crippen LogP contribution in [0.5, 0.6) is 0 Å². The van der Waals surface area contributed by atoms with Crippen LogP contribution in [0.25, 0.3) is 10.6 Å². The van der Waals surface area contributed by atoms with Crippen molar-refractivity contribution < 1.29 is 17.4 Å². The van der Waals surface area contributed by atoms with Gasteiger partial charge in [-0.15, -0.1) is 11.3 Å². The summed E-state index contributed by atoms with van der Waals surface area (Å²) in [5, 5.41) is 5.59. The van der Waals surface area contributed by atoms with E-state index in [-0.39, 0.29) is 12.5 Å². The molecule has 0 bridgehead atoms. The Bertz CT molecular complexity index is 759. The Labute approximate surface area is 151 Å². The number of rotatable bonds is 10. The lowest BCUT2D eigenvalue weighted by Gasteiger charge is -2.05. The Morgan fingerprint density at radius 3 is 2.64 bits per heavy atom. The molecule has 0 radical (unpaired) electrons. The maximum atomic E-state index is 12.0. The third-order valence-electron chi connectivity index (χ3n) is 3.33. The summed E-state index contributed by atoms with van der Waals surface area (Å²) >= 11 is 1.52. The van der Waals surface area contributed by atoms with E-state index in [1.54, 1.807) is 18.5 Å². The lowest BCUT2D eigenvalue weighted by Crippen LogP contribution is -2.25. The lowest BCUT2D eigenvalue weighted by atomic mass is 10.2. The number of hydrogen-bond donors (Lipinski definition) is 1. The lowest BCUT2D eigenvalue weighted by molar-refractivity contribution is 0.0948. The van der Waals surface area contributed by atoms with Crippen molar-refractivity contribution in [2.24, 2.45) is 0 Å². The van der Waals surface area contributed by atoms with Gasteiger partial charge in [-0.25, -0.2) is 4.98 Å². The first kappa shape index (κ1) is 19.5. The molecule has 7 nitrogen and oxygen atoms in total. The summed E-state index contributed by atoms with van der Waals surface area (Å²) in [6, 6.07) is 3.52. The van der Waals surface area contributed by atoms with Gasteiger partial charge in [-0.3, -0.25) is 14.0 Å². The molecule has 0 atom stereocenters. The van der Waals surface area contributed by atoms with Gasteiger partial charge in [-0.05, 0) is 25.0 Å². The maximum absolute atomic E-state index is 12.0. The van der Waals surface area contributed by atoms with Crippen LogP contribution < -0.4 is 5.32 Å². The Balaban J connectivity index is 1.62. The molecule has 0 saturated heterocycles. The molecule has 1 N–H and O–H groups in total. The van der Waals surface area contributed by atoms with Crippen molar-refractivity contribution in [3.63, 3.8) is 0 Å². The van der Waals surface area contributed by atoms with Gasteiger partial charge in [-0.1, -0.05) is 12.8 Å². The van der Waals surface area contributed by atoms with Crippen LogP contribution in [0.15, 0.2) is 29.9 Å². The molecule has 25 heavy (non-hydrogen) atoms. The summed E-state index contributed by atoms with van der Waals surface area (Å²) in [6.45, 7) is 0.766. The molecule has 0 spiro atoms. The summed E-state index contributed by atoms with van der Waals surface area (Å²) in [5.74, 6) is -0.203. The van der Waals surface area contributed by atoms with E-state index in [4.69, 9.17) is 0 Å². The standard InChI is InChI=1S/C16H21N3O4S2/c1-25(21,22)23-10-5-3-2-4-8-17-15(20)14-7-6-13(12-19-14)16-18-9-11-24-16/h6-7,9,11-12H,2-5,8,10H2,1H3,(H,17,20). The molecule has 9 heteroatoms. The molecule has 1 amide bonds. The van der Waals surface area contributed by atoms with E-state index >= 15 is 0 Å². The highest BCUT2D eigenvalue weighted by Crippen LogP contribution is 2.20. The number of pyridine rings is 1. The predicted molar refractivity (Wildman–Crippen MR) is 96.9 cm³/mol. The molecule has 0 aliphatic carbocycles. The van der Waals surface area contributed by atoms with E-state index in [2.05, 4.69) is 19.5 Å². The van der Waals surface area contributed by atoms with E-state index in [0.717, 1.165) is 36.1 Å². The predicted octanol–water partition coefficient (Wildman–Crippen LogP) is 2.47. The first-order valence-corrected chi connectivity index (χ1v) is 10.6. The van der Waals surface area contributed by atoms with Crippen LogP contribution in [0.1, 0.15) is 36.2 Å². The average Bonchev–Trinajstić information content (AvgIpc) is 3.11. The zero-order chi connectivity index (χ0) is 18.1. The van der Waals surface area contributed by atoms with Crippen molar-refractivity contribution in [3.8, 4) is 10.6 Å². The number of hydrogen-bond acceptors (Lipinski definition) is 7. The Kier molecular flexibility index (Phi) is 7.48. The molecule has 0 aliphatic heterocycles. The fourth-order valence-corrected chi connectivity index (χ4v) is 3.15. The molecule has 2 rings (SSSR count). The SMILES string of the molecule is CS(=O)(=O)OCCCCCCNC(=O)c1ccc(-c2nccs2)cn1. The second kappa shape index (κ2) is 9.59. The average molecular weight is 383 g/mol. The quantitative estimate of drug-likeness (QED) is 0.500. The molecule has 0 aromatic carbocycles. The Hall–Kier alpha value is -1.84. The topological polar surface area (TPSA) is 98.2 Å². The minimum absolute atomic E-state index is 0.203. The van der Waals surface area contributed by atoms with Gasteiger partial charge in [0, 0.05) is 29.9 Å². The van der Waals surface area contributed by atoms with E-state index in [1.807, 2.05) is 11.4 Å². The van der Waals surface area contributed by atoms with Crippen LogP contribution in [0.4, 0.5) is 0 Å². The van der Waals surface area contributed by atoms with E-state index in [0.29, 0.717) is 18.7 Å². The monoisotopic (exact) mass is 383 g/mol. The van der Waals surface area contributed by atoms with Gasteiger partial charge >= 0.3 is 0 Å². The summed E-state index contributed by atoms with van der Waals surface area (Å²) in [4.78, 5) is 20.4. The molecule has 2 heterocycles. The summed E-state index contributed by atoms with van der Waals surface area (Å²) in [5.41, 5.74) is 1.27. The largest absolute Gasteiger partial charge is 0.351 e. The van der Waals surface area contributed by atoms with Crippen molar-refractivity contribution in [2.45, 2.75) is 25.7 Å². The third kappa shape index (κ3) is 7.29. The van der Waals surface area contributed by atoms with E-state index < -0.39 is 10.1 Å². The van der Waals surface area contributed by atoms with Gasteiger partial charge in [0.25, 0.3) is 16.0 Å². The summed E-state index contributed by atoms with van der Waals surface area (Å²) in [7, 11) is -3.35. The van der Waals surface area contributed by atoms with Gasteiger partial charge < -0.3 is 5.32 Å². The highest BCUT2D eigenvalue weighted by atomic mass is 32.2. The number of unbranched alkanes of at least 4 members (excludes halogenated alkanes) is 3. The molecule has 136 valence electrons. The number of thiazole rings is 1. The highest BCUT2D eigenvalue weighted by Gasteiger charge is 2.08. The number of aromatic nitrogens is 2. The molecule has 2 aromatic rings. The van der Waals surface area contributed by atoms with Crippen LogP contribution in [0.3, 0.4) is 0 Å². The molecule has 0 unspecified atom stereocenters. The van der Waals surface area contributed by atoms with Crippen molar-refractivity contribution in [2.75, 3.05) is 19.4 Å². The number of amides is 1. The van der Waals surface area contributed by atoms with Gasteiger partial charge in [0.05, 0.1) is 12.9 Å². The molecular formula is C16H21N3O4S2. The smallest absolute Gasteiger partial charge is 0.269 e. The van der Waals surface area contributed by atoms with Crippen molar-refractivity contribution in [1.29, 1.82) is 0 Å². The van der Waals surface area contributed by atoms with Crippen molar-refractivity contribution in [3.05, 3.63) is 35.6 Å². The second-order valence-electron chi connectivity index (χ2n) is 5.47. The second-order valence-corrected chi connectivity index (χ2v) is 8.00. The zero-order valence-electron chi connectivity index (χ0n) is 14.0. The Morgan fingerprint density at radius 1 is 1.20 bits per heavy atom. The molecule has 2 aromatic heterocycles. The molecule has 0 fully saturated rings. The Morgan fingerprint density at radius 2 is 2.00 bits per heavy atom. The molecular weight excluding hydrogens is 362 g/mol. The normalized spacial score (nSPS) is 11.4. The van der Waals surface area contributed by atoms with Crippen LogP contribution >= 0.6 is 11.3 Å². The van der Waals surface area contributed by atoms with Gasteiger partial charge in [-0.2, -0.15) is 8.42 Å². The van der Waals surface area contributed by atoms with Crippen molar-refractivity contribution in [1.82, 2.24) is 15.3 Å². The van der Waals surface area contributed by atoms with Crippen LogP contribution in [-0.2, 0) is 14.3 Å². The van der Waals surface area contributed by atoms with E-state index in [1.165, 1.54) is 11.3 Å². The number of carbonyl (C=O) groups is 1. The zero-order valence-corrected chi connectivity index (χ0v) is 15.6.